The van der Waals surface area contributed by atoms with Gasteiger partial charge in [0, 0.05) is 15.6 Å². The first-order valence-electron chi connectivity index (χ1n) is 5.17. The number of hydrogen-bond acceptors (Lipinski definition) is 1. The van der Waals surface area contributed by atoms with E-state index in [0.29, 0.717) is 0 Å². The molecule has 3 aromatic rings. The Morgan fingerprint density at radius 1 is 0.882 bits per heavy atom. The summed E-state index contributed by atoms with van der Waals surface area (Å²) in [6.07, 6.45) is 0. The van der Waals surface area contributed by atoms with Gasteiger partial charge >= 0.3 is 0 Å². The monoisotopic (exact) mass is 246 g/mol. The Morgan fingerprint density at radius 2 is 1.59 bits per heavy atom. The van der Waals surface area contributed by atoms with Crippen LogP contribution in [-0.2, 0) is 0 Å². The number of halogens is 2. The van der Waals surface area contributed by atoms with Crippen LogP contribution in [0.4, 0.5) is 8.78 Å². The summed E-state index contributed by atoms with van der Waals surface area (Å²) in [5.41, 5.74) is 1.97. The Labute approximate surface area is 101 Å². The van der Waals surface area contributed by atoms with Gasteiger partial charge in [-0.3, -0.25) is 0 Å². The minimum absolute atomic E-state index is 0.764. The van der Waals surface area contributed by atoms with Gasteiger partial charge < -0.3 is 0 Å². The summed E-state index contributed by atoms with van der Waals surface area (Å²) in [4.78, 5) is 0. The number of fused-ring (bicyclic) bond motifs is 1. The van der Waals surface area contributed by atoms with Gasteiger partial charge in [0.1, 0.15) is 0 Å². The third-order valence-electron chi connectivity index (χ3n) is 2.70. The SMILES string of the molecule is Fc1cc2scc(-c3ccccc3)c2cc1F. The van der Waals surface area contributed by atoms with E-state index in [1.807, 2.05) is 35.7 Å². The van der Waals surface area contributed by atoms with Gasteiger partial charge in [-0.2, -0.15) is 0 Å². The molecule has 0 amide bonds. The topological polar surface area (TPSA) is 0 Å². The van der Waals surface area contributed by atoms with Crippen LogP contribution in [-0.4, -0.2) is 0 Å². The molecule has 3 rings (SSSR count). The Hall–Kier alpha value is -1.74. The summed E-state index contributed by atoms with van der Waals surface area (Å²) in [5, 5.41) is 2.69. The second-order valence-electron chi connectivity index (χ2n) is 3.78. The zero-order chi connectivity index (χ0) is 11.8. The first-order valence-corrected chi connectivity index (χ1v) is 6.05. The van der Waals surface area contributed by atoms with Crippen molar-refractivity contribution in [2.45, 2.75) is 0 Å². The molecule has 0 aliphatic rings. The van der Waals surface area contributed by atoms with Gasteiger partial charge in [0.2, 0.25) is 0 Å². The van der Waals surface area contributed by atoms with Crippen molar-refractivity contribution in [3.63, 3.8) is 0 Å². The van der Waals surface area contributed by atoms with Crippen LogP contribution in [0.3, 0.4) is 0 Å². The maximum absolute atomic E-state index is 13.3. The molecule has 0 unspecified atom stereocenters. The molecule has 0 aliphatic heterocycles. The molecule has 2 aromatic carbocycles. The standard InChI is InChI=1S/C14H8F2S/c15-12-6-10-11(9-4-2-1-3-5-9)8-17-14(10)7-13(12)16/h1-8H. The lowest BCUT2D eigenvalue weighted by Crippen LogP contribution is -1.82. The van der Waals surface area contributed by atoms with E-state index in [2.05, 4.69) is 0 Å². The highest BCUT2D eigenvalue weighted by Gasteiger charge is 2.10. The number of hydrogen-bond donors (Lipinski definition) is 0. The van der Waals surface area contributed by atoms with E-state index < -0.39 is 11.6 Å². The van der Waals surface area contributed by atoms with Gasteiger partial charge in [-0.1, -0.05) is 30.3 Å². The third kappa shape index (κ3) is 1.72. The molecule has 1 heterocycles. The molecule has 0 spiro atoms. The predicted octanol–water partition coefficient (Wildman–Crippen LogP) is 4.85. The van der Waals surface area contributed by atoms with Crippen LogP contribution in [0.2, 0.25) is 0 Å². The molecule has 17 heavy (non-hydrogen) atoms. The molecule has 84 valence electrons. The largest absolute Gasteiger partial charge is 0.204 e. The average Bonchev–Trinajstić information content (AvgIpc) is 2.74. The van der Waals surface area contributed by atoms with Crippen molar-refractivity contribution in [3.05, 3.63) is 59.5 Å². The summed E-state index contributed by atoms with van der Waals surface area (Å²) in [6, 6.07) is 12.2. The van der Waals surface area contributed by atoms with Gasteiger partial charge in [0.05, 0.1) is 0 Å². The summed E-state index contributed by atoms with van der Waals surface area (Å²) in [7, 11) is 0. The van der Waals surface area contributed by atoms with Crippen molar-refractivity contribution in [1.82, 2.24) is 0 Å². The zero-order valence-electron chi connectivity index (χ0n) is 8.78. The lowest BCUT2D eigenvalue weighted by molar-refractivity contribution is 0.511. The molecule has 0 aliphatic carbocycles. The number of thiophene rings is 1. The van der Waals surface area contributed by atoms with E-state index in [-0.39, 0.29) is 0 Å². The number of rotatable bonds is 1. The molecule has 0 saturated heterocycles. The molecule has 0 saturated carbocycles. The molecule has 0 fully saturated rings. The summed E-state index contributed by atoms with van der Waals surface area (Å²) in [6.45, 7) is 0. The Balaban J connectivity index is 2.29. The van der Waals surface area contributed by atoms with Crippen LogP contribution in [0.5, 0.6) is 0 Å². The summed E-state index contributed by atoms with van der Waals surface area (Å²) < 4.78 is 27.1. The van der Waals surface area contributed by atoms with Crippen molar-refractivity contribution < 1.29 is 8.78 Å². The van der Waals surface area contributed by atoms with Gasteiger partial charge in [0.15, 0.2) is 11.6 Å². The first-order chi connectivity index (χ1) is 8.25. The minimum atomic E-state index is -0.798. The minimum Gasteiger partial charge on any atom is -0.204 e. The Kier molecular flexibility index (Phi) is 2.41. The summed E-state index contributed by atoms with van der Waals surface area (Å²) in [5.74, 6) is -1.59. The van der Waals surface area contributed by atoms with Crippen molar-refractivity contribution >= 4 is 21.4 Å². The van der Waals surface area contributed by atoms with Crippen molar-refractivity contribution in [2.24, 2.45) is 0 Å². The van der Waals surface area contributed by atoms with E-state index in [0.717, 1.165) is 21.2 Å². The molecule has 0 nitrogen and oxygen atoms in total. The predicted molar refractivity (Wildman–Crippen MR) is 67.2 cm³/mol. The third-order valence-corrected chi connectivity index (χ3v) is 3.65. The molecular weight excluding hydrogens is 238 g/mol. The van der Waals surface area contributed by atoms with Gasteiger partial charge in [-0.15, -0.1) is 11.3 Å². The van der Waals surface area contributed by atoms with Gasteiger partial charge in [0.25, 0.3) is 0 Å². The molecule has 0 radical (unpaired) electrons. The molecule has 0 atom stereocenters. The molecular formula is C14H8F2S. The van der Waals surface area contributed by atoms with Crippen LogP contribution in [0.15, 0.2) is 47.8 Å². The van der Waals surface area contributed by atoms with Crippen LogP contribution in [0, 0.1) is 11.6 Å². The summed E-state index contributed by atoms with van der Waals surface area (Å²) >= 11 is 1.42. The highest BCUT2D eigenvalue weighted by atomic mass is 32.1. The maximum Gasteiger partial charge on any atom is 0.160 e. The number of benzene rings is 2. The molecule has 1 aromatic heterocycles. The fourth-order valence-electron chi connectivity index (χ4n) is 1.86. The maximum atomic E-state index is 13.3. The smallest absolute Gasteiger partial charge is 0.160 e. The molecule has 3 heteroatoms. The van der Waals surface area contributed by atoms with Crippen molar-refractivity contribution in [3.8, 4) is 11.1 Å². The zero-order valence-corrected chi connectivity index (χ0v) is 9.60. The van der Waals surface area contributed by atoms with E-state index >= 15 is 0 Å². The quantitative estimate of drug-likeness (QED) is 0.576. The van der Waals surface area contributed by atoms with E-state index in [9.17, 15) is 8.78 Å². The lowest BCUT2D eigenvalue weighted by atomic mass is 10.0. The molecule has 0 N–H and O–H groups in total. The van der Waals surface area contributed by atoms with Crippen LogP contribution >= 0.6 is 11.3 Å². The average molecular weight is 246 g/mol. The van der Waals surface area contributed by atoms with E-state index in [1.54, 1.807) is 0 Å². The van der Waals surface area contributed by atoms with Gasteiger partial charge in [-0.25, -0.2) is 8.78 Å². The van der Waals surface area contributed by atoms with Gasteiger partial charge in [-0.05, 0) is 23.1 Å². The van der Waals surface area contributed by atoms with E-state index in [4.69, 9.17) is 0 Å². The Bertz CT molecular complexity index is 671. The Morgan fingerprint density at radius 3 is 2.35 bits per heavy atom. The van der Waals surface area contributed by atoms with E-state index in [1.165, 1.54) is 23.5 Å². The fourth-order valence-corrected chi connectivity index (χ4v) is 2.84. The fraction of sp³-hybridized carbons (Fsp3) is 0. The van der Waals surface area contributed by atoms with Crippen LogP contribution < -0.4 is 0 Å². The second kappa shape index (κ2) is 3.93. The first kappa shape index (κ1) is 10.4. The second-order valence-corrected chi connectivity index (χ2v) is 4.69. The highest BCUT2D eigenvalue weighted by molar-refractivity contribution is 7.17. The highest BCUT2D eigenvalue weighted by Crippen LogP contribution is 2.34. The van der Waals surface area contributed by atoms with Crippen LogP contribution in [0.25, 0.3) is 21.2 Å². The van der Waals surface area contributed by atoms with Crippen LogP contribution in [0.1, 0.15) is 0 Å². The van der Waals surface area contributed by atoms with Crippen molar-refractivity contribution in [1.29, 1.82) is 0 Å². The normalized spacial score (nSPS) is 10.9. The lowest BCUT2D eigenvalue weighted by Gasteiger charge is -2.00. The molecule has 0 bridgehead atoms. The van der Waals surface area contributed by atoms with Crippen molar-refractivity contribution in [2.75, 3.05) is 0 Å².